The van der Waals surface area contributed by atoms with Crippen molar-refractivity contribution in [2.24, 2.45) is 0 Å². The third kappa shape index (κ3) is 2.34. The van der Waals surface area contributed by atoms with E-state index in [1.54, 1.807) is 6.92 Å². The maximum Gasteiger partial charge on any atom is 0.508 e. The molecule has 1 saturated heterocycles. The molecule has 0 bridgehead atoms. The van der Waals surface area contributed by atoms with Gasteiger partial charge in [0.2, 0.25) is 0 Å². The lowest BCUT2D eigenvalue weighted by Gasteiger charge is -2.13. The van der Waals surface area contributed by atoms with Gasteiger partial charge in [-0.3, -0.25) is 0 Å². The van der Waals surface area contributed by atoms with E-state index in [0.717, 1.165) is 0 Å². The SMILES string of the molecule is COC(=O)OC[C@H]1O[C@@H](C)C(O)C1O. The van der Waals surface area contributed by atoms with E-state index >= 15 is 0 Å². The first-order chi connectivity index (χ1) is 6.56. The molecule has 82 valence electrons. The average Bonchev–Trinajstić information content (AvgIpc) is 2.42. The van der Waals surface area contributed by atoms with Crippen LogP contribution in [0.1, 0.15) is 6.92 Å². The lowest BCUT2D eigenvalue weighted by Crippen LogP contribution is -2.34. The summed E-state index contributed by atoms with van der Waals surface area (Å²) in [5.74, 6) is 0. The van der Waals surface area contributed by atoms with Crippen LogP contribution < -0.4 is 0 Å². The Morgan fingerprint density at radius 1 is 1.43 bits per heavy atom. The van der Waals surface area contributed by atoms with Gasteiger partial charge in [-0.25, -0.2) is 4.79 Å². The Morgan fingerprint density at radius 3 is 2.50 bits per heavy atom. The van der Waals surface area contributed by atoms with Crippen molar-refractivity contribution in [1.29, 1.82) is 0 Å². The predicted molar refractivity (Wildman–Crippen MR) is 44.7 cm³/mol. The van der Waals surface area contributed by atoms with Crippen LogP contribution in [0, 0.1) is 0 Å². The monoisotopic (exact) mass is 206 g/mol. The van der Waals surface area contributed by atoms with Gasteiger partial charge < -0.3 is 24.4 Å². The van der Waals surface area contributed by atoms with Gasteiger partial charge in [-0.2, -0.15) is 0 Å². The summed E-state index contributed by atoms with van der Waals surface area (Å²) in [5, 5.41) is 18.7. The van der Waals surface area contributed by atoms with Gasteiger partial charge in [0.05, 0.1) is 13.2 Å². The molecule has 0 aromatic rings. The van der Waals surface area contributed by atoms with Crippen molar-refractivity contribution in [3.05, 3.63) is 0 Å². The molecule has 0 spiro atoms. The molecular formula is C8H14O6. The Hall–Kier alpha value is -0.850. The van der Waals surface area contributed by atoms with Gasteiger partial charge in [0.15, 0.2) is 0 Å². The summed E-state index contributed by atoms with van der Waals surface area (Å²) < 4.78 is 14.0. The van der Waals surface area contributed by atoms with E-state index in [9.17, 15) is 15.0 Å². The number of aliphatic hydroxyl groups is 2. The number of hydrogen-bond acceptors (Lipinski definition) is 6. The first-order valence-electron chi connectivity index (χ1n) is 4.28. The summed E-state index contributed by atoms with van der Waals surface area (Å²) in [6.45, 7) is 1.50. The second-order valence-corrected chi connectivity index (χ2v) is 3.13. The van der Waals surface area contributed by atoms with Crippen LogP contribution in [0.2, 0.25) is 0 Å². The minimum Gasteiger partial charge on any atom is -0.438 e. The van der Waals surface area contributed by atoms with Crippen molar-refractivity contribution < 1.29 is 29.2 Å². The molecule has 0 aliphatic carbocycles. The van der Waals surface area contributed by atoms with Crippen LogP contribution in [-0.2, 0) is 14.2 Å². The molecule has 1 fully saturated rings. The first-order valence-corrected chi connectivity index (χ1v) is 4.28. The number of rotatable bonds is 2. The predicted octanol–water partition coefficient (Wildman–Crippen LogP) is -0.722. The fourth-order valence-corrected chi connectivity index (χ4v) is 1.28. The number of methoxy groups -OCH3 is 1. The Labute approximate surface area is 81.4 Å². The zero-order valence-corrected chi connectivity index (χ0v) is 8.04. The molecular weight excluding hydrogens is 192 g/mol. The minimum atomic E-state index is -1.03. The van der Waals surface area contributed by atoms with Gasteiger partial charge in [0.25, 0.3) is 0 Å². The van der Waals surface area contributed by atoms with Crippen molar-refractivity contribution >= 4 is 6.16 Å². The maximum atomic E-state index is 10.6. The number of carbonyl (C=O) groups is 1. The quantitative estimate of drug-likeness (QED) is 0.580. The zero-order valence-electron chi connectivity index (χ0n) is 8.04. The van der Waals surface area contributed by atoms with Crippen LogP contribution >= 0.6 is 0 Å². The van der Waals surface area contributed by atoms with Crippen LogP contribution in [0.15, 0.2) is 0 Å². The van der Waals surface area contributed by atoms with E-state index in [4.69, 9.17) is 4.74 Å². The fraction of sp³-hybridized carbons (Fsp3) is 0.875. The summed E-state index contributed by atoms with van der Waals surface area (Å²) in [6, 6.07) is 0. The molecule has 0 saturated carbocycles. The number of aliphatic hydroxyl groups excluding tert-OH is 2. The van der Waals surface area contributed by atoms with Gasteiger partial charge in [0.1, 0.15) is 24.9 Å². The van der Waals surface area contributed by atoms with Gasteiger partial charge in [-0.05, 0) is 6.92 Å². The highest BCUT2D eigenvalue weighted by Crippen LogP contribution is 2.20. The summed E-state index contributed by atoms with van der Waals surface area (Å²) in [6.07, 6.45) is -3.97. The second kappa shape index (κ2) is 4.59. The highest BCUT2D eigenvalue weighted by Gasteiger charge is 2.40. The number of ether oxygens (including phenoxy) is 3. The summed E-state index contributed by atoms with van der Waals surface area (Å²) in [7, 11) is 1.19. The third-order valence-electron chi connectivity index (χ3n) is 2.13. The van der Waals surface area contributed by atoms with Crippen molar-refractivity contribution in [2.45, 2.75) is 31.3 Å². The molecule has 4 atom stereocenters. The molecule has 1 aliphatic rings. The lowest BCUT2D eigenvalue weighted by atomic mass is 10.1. The molecule has 0 amide bonds. The standard InChI is InChI=1S/C8H14O6/c1-4-6(9)7(10)5(14-4)3-13-8(11)12-2/h4-7,9-10H,3H2,1-2H3/t4-,5+,6?,7?/m0/s1. The smallest absolute Gasteiger partial charge is 0.438 e. The molecule has 2 unspecified atom stereocenters. The fourth-order valence-electron chi connectivity index (χ4n) is 1.28. The van der Waals surface area contributed by atoms with Crippen LogP contribution in [-0.4, -0.2) is 54.5 Å². The van der Waals surface area contributed by atoms with Crippen LogP contribution in [0.3, 0.4) is 0 Å². The highest BCUT2D eigenvalue weighted by atomic mass is 16.7. The number of carbonyl (C=O) groups excluding carboxylic acids is 1. The summed E-state index contributed by atoms with van der Waals surface area (Å²) in [5.41, 5.74) is 0. The molecule has 2 N–H and O–H groups in total. The molecule has 14 heavy (non-hydrogen) atoms. The Kier molecular flexibility index (Phi) is 3.68. The summed E-state index contributed by atoms with van der Waals surface area (Å²) in [4.78, 5) is 10.6. The molecule has 1 aliphatic heterocycles. The third-order valence-corrected chi connectivity index (χ3v) is 2.13. The van der Waals surface area contributed by atoms with Gasteiger partial charge >= 0.3 is 6.16 Å². The van der Waals surface area contributed by atoms with E-state index in [0.29, 0.717) is 0 Å². The molecule has 0 aromatic carbocycles. The molecule has 0 radical (unpaired) electrons. The van der Waals surface area contributed by atoms with Crippen LogP contribution in [0.4, 0.5) is 4.79 Å². The molecule has 0 aromatic heterocycles. The molecule has 1 rings (SSSR count). The lowest BCUT2D eigenvalue weighted by molar-refractivity contribution is -0.0340. The van der Waals surface area contributed by atoms with E-state index < -0.39 is 30.6 Å². The average molecular weight is 206 g/mol. The van der Waals surface area contributed by atoms with E-state index in [-0.39, 0.29) is 6.61 Å². The van der Waals surface area contributed by atoms with E-state index in [1.807, 2.05) is 0 Å². The van der Waals surface area contributed by atoms with E-state index in [1.165, 1.54) is 7.11 Å². The summed E-state index contributed by atoms with van der Waals surface area (Å²) >= 11 is 0. The second-order valence-electron chi connectivity index (χ2n) is 3.13. The van der Waals surface area contributed by atoms with Gasteiger partial charge in [0, 0.05) is 0 Å². The normalized spacial score (nSPS) is 36.9. The maximum absolute atomic E-state index is 10.6. The minimum absolute atomic E-state index is 0.130. The Morgan fingerprint density at radius 2 is 2.07 bits per heavy atom. The first kappa shape index (κ1) is 11.2. The largest absolute Gasteiger partial charge is 0.508 e. The Balaban J connectivity index is 2.36. The van der Waals surface area contributed by atoms with E-state index in [2.05, 4.69) is 9.47 Å². The van der Waals surface area contributed by atoms with Crippen LogP contribution in [0.25, 0.3) is 0 Å². The molecule has 6 heteroatoms. The topological polar surface area (TPSA) is 85.2 Å². The molecule has 6 nitrogen and oxygen atoms in total. The van der Waals surface area contributed by atoms with Crippen molar-refractivity contribution in [3.8, 4) is 0 Å². The van der Waals surface area contributed by atoms with Crippen LogP contribution in [0.5, 0.6) is 0 Å². The number of hydrogen-bond donors (Lipinski definition) is 2. The molecule has 1 heterocycles. The Bertz CT molecular complexity index is 206. The van der Waals surface area contributed by atoms with Gasteiger partial charge in [-0.1, -0.05) is 0 Å². The van der Waals surface area contributed by atoms with Crippen molar-refractivity contribution in [2.75, 3.05) is 13.7 Å². The zero-order chi connectivity index (χ0) is 10.7. The highest BCUT2D eigenvalue weighted by molar-refractivity contribution is 5.59. The van der Waals surface area contributed by atoms with Crippen molar-refractivity contribution in [1.82, 2.24) is 0 Å². The van der Waals surface area contributed by atoms with Gasteiger partial charge in [-0.15, -0.1) is 0 Å². The van der Waals surface area contributed by atoms with Crippen molar-refractivity contribution in [3.63, 3.8) is 0 Å².